The number of nitrogens with one attached hydrogen (secondary N) is 1. The van der Waals surface area contributed by atoms with Crippen molar-refractivity contribution in [2.24, 2.45) is 0 Å². The Balaban J connectivity index is 1.76. The highest BCUT2D eigenvalue weighted by atomic mass is 35.5. The number of ether oxygens (including phenoxy) is 1. The normalized spacial score (nSPS) is 11.2. The summed E-state index contributed by atoms with van der Waals surface area (Å²) in [6.45, 7) is 0. The van der Waals surface area contributed by atoms with Crippen molar-refractivity contribution in [1.82, 2.24) is 9.97 Å². The molecule has 0 saturated carbocycles. The molecule has 0 unspecified atom stereocenters. The standard InChI is InChI=1S/C20H15ClF3N3O2S/c1-29-15-8-6-14(7-9-15)25-18(28)11-30-19-26-16(10-17(27-19)20(22,23)24)12-2-4-13(21)5-3-12/h2-10H,11H2,1H3,(H,25,28). The van der Waals surface area contributed by atoms with Crippen molar-refractivity contribution in [1.29, 1.82) is 0 Å². The van der Waals surface area contributed by atoms with E-state index in [0.717, 1.165) is 17.8 Å². The molecule has 0 aliphatic carbocycles. The van der Waals surface area contributed by atoms with E-state index >= 15 is 0 Å². The maximum Gasteiger partial charge on any atom is 0.433 e. The van der Waals surface area contributed by atoms with E-state index in [1.54, 1.807) is 48.5 Å². The fourth-order valence-corrected chi connectivity index (χ4v) is 3.19. The van der Waals surface area contributed by atoms with Gasteiger partial charge in [-0.1, -0.05) is 35.5 Å². The van der Waals surface area contributed by atoms with Crippen LogP contribution in [-0.4, -0.2) is 28.7 Å². The number of anilines is 1. The van der Waals surface area contributed by atoms with Crippen LogP contribution >= 0.6 is 23.4 Å². The molecular weight excluding hydrogens is 439 g/mol. The molecule has 1 N–H and O–H groups in total. The fraction of sp³-hybridized carbons (Fsp3) is 0.150. The summed E-state index contributed by atoms with van der Waals surface area (Å²) in [6, 6.07) is 13.8. The number of halogens is 4. The topological polar surface area (TPSA) is 64.1 Å². The molecule has 3 aromatic rings. The summed E-state index contributed by atoms with van der Waals surface area (Å²) in [4.78, 5) is 19.9. The van der Waals surface area contributed by atoms with Gasteiger partial charge in [0.05, 0.1) is 18.6 Å². The zero-order chi connectivity index (χ0) is 21.7. The Morgan fingerprint density at radius 2 is 1.77 bits per heavy atom. The van der Waals surface area contributed by atoms with Gasteiger partial charge in [-0.05, 0) is 42.5 Å². The van der Waals surface area contributed by atoms with E-state index < -0.39 is 17.8 Å². The first-order valence-corrected chi connectivity index (χ1v) is 9.90. The van der Waals surface area contributed by atoms with Gasteiger partial charge >= 0.3 is 6.18 Å². The van der Waals surface area contributed by atoms with Crippen LogP contribution in [0.2, 0.25) is 5.02 Å². The third kappa shape index (κ3) is 5.87. The molecule has 30 heavy (non-hydrogen) atoms. The van der Waals surface area contributed by atoms with Crippen LogP contribution in [0.1, 0.15) is 5.69 Å². The van der Waals surface area contributed by atoms with Crippen molar-refractivity contribution < 1.29 is 22.7 Å². The summed E-state index contributed by atoms with van der Waals surface area (Å²) in [5.74, 6) is 0.0709. The second-order valence-electron chi connectivity index (χ2n) is 5.99. The first-order chi connectivity index (χ1) is 14.2. The highest BCUT2D eigenvalue weighted by Crippen LogP contribution is 2.32. The Morgan fingerprint density at radius 1 is 1.10 bits per heavy atom. The van der Waals surface area contributed by atoms with Crippen molar-refractivity contribution in [2.75, 3.05) is 18.2 Å². The van der Waals surface area contributed by atoms with E-state index in [2.05, 4.69) is 15.3 Å². The molecule has 0 aliphatic heterocycles. The number of methoxy groups -OCH3 is 1. The minimum absolute atomic E-state index is 0.0899. The van der Waals surface area contributed by atoms with E-state index in [0.29, 0.717) is 22.0 Å². The van der Waals surface area contributed by atoms with Gasteiger partial charge in [0.25, 0.3) is 0 Å². The van der Waals surface area contributed by atoms with Crippen LogP contribution in [0.25, 0.3) is 11.3 Å². The molecule has 2 aromatic carbocycles. The molecule has 0 aliphatic rings. The number of thioether (sulfide) groups is 1. The molecule has 0 bridgehead atoms. The molecule has 0 fully saturated rings. The number of rotatable bonds is 6. The predicted octanol–water partition coefficient (Wildman–Crippen LogP) is 5.56. The summed E-state index contributed by atoms with van der Waals surface area (Å²) in [7, 11) is 1.53. The zero-order valence-electron chi connectivity index (χ0n) is 15.5. The predicted molar refractivity (Wildman–Crippen MR) is 110 cm³/mol. The molecule has 1 aromatic heterocycles. The van der Waals surface area contributed by atoms with Gasteiger partial charge in [0.2, 0.25) is 5.91 Å². The number of hydrogen-bond acceptors (Lipinski definition) is 5. The lowest BCUT2D eigenvalue weighted by Crippen LogP contribution is -2.15. The number of amides is 1. The molecule has 0 radical (unpaired) electrons. The van der Waals surface area contributed by atoms with Gasteiger partial charge in [-0.15, -0.1) is 0 Å². The van der Waals surface area contributed by atoms with Crippen LogP contribution in [-0.2, 0) is 11.0 Å². The van der Waals surface area contributed by atoms with Crippen LogP contribution in [0, 0.1) is 0 Å². The molecule has 1 heterocycles. The van der Waals surface area contributed by atoms with Crippen LogP contribution in [0.3, 0.4) is 0 Å². The lowest BCUT2D eigenvalue weighted by molar-refractivity contribution is -0.141. The van der Waals surface area contributed by atoms with Gasteiger partial charge < -0.3 is 10.1 Å². The summed E-state index contributed by atoms with van der Waals surface area (Å²) in [5, 5.41) is 2.95. The largest absolute Gasteiger partial charge is 0.497 e. The van der Waals surface area contributed by atoms with Crippen molar-refractivity contribution in [3.05, 3.63) is 65.3 Å². The average Bonchev–Trinajstić information content (AvgIpc) is 2.72. The maximum atomic E-state index is 13.3. The number of nitrogens with zero attached hydrogens (tertiary/aromatic N) is 2. The first-order valence-electron chi connectivity index (χ1n) is 8.53. The molecule has 0 spiro atoms. The molecule has 1 amide bonds. The zero-order valence-corrected chi connectivity index (χ0v) is 17.1. The molecule has 156 valence electrons. The van der Waals surface area contributed by atoms with E-state index in [1.165, 1.54) is 7.11 Å². The average molecular weight is 454 g/mol. The minimum atomic E-state index is -4.65. The van der Waals surface area contributed by atoms with Gasteiger partial charge in [0.15, 0.2) is 5.16 Å². The minimum Gasteiger partial charge on any atom is -0.497 e. The SMILES string of the molecule is COc1ccc(NC(=O)CSc2nc(-c3ccc(Cl)cc3)cc(C(F)(F)F)n2)cc1. The first kappa shape index (κ1) is 21.9. The van der Waals surface area contributed by atoms with E-state index in [-0.39, 0.29) is 16.6 Å². The maximum absolute atomic E-state index is 13.3. The molecule has 0 atom stereocenters. The quantitative estimate of drug-likeness (QED) is 0.391. The smallest absolute Gasteiger partial charge is 0.433 e. The Kier molecular flexibility index (Phi) is 6.84. The van der Waals surface area contributed by atoms with Gasteiger partial charge in [-0.25, -0.2) is 9.97 Å². The van der Waals surface area contributed by atoms with Crippen molar-refractivity contribution in [2.45, 2.75) is 11.3 Å². The summed E-state index contributed by atoms with van der Waals surface area (Å²) in [6.07, 6.45) is -4.65. The lowest BCUT2D eigenvalue weighted by Gasteiger charge is -2.11. The Hall–Kier alpha value is -2.78. The summed E-state index contributed by atoms with van der Waals surface area (Å²) >= 11 is 6.65. The van der Waals surface area contributed by atoms with Crippen LogP contribution in [0.4, 0.5) is 18.9 Å². The van der Waals surface area contributed by atoms with E-state index in [1.807, 2.05) is 0 Å². The Labute approximate surface area is 179 Å². The molecule has 5 nitrogen and oxygen atoms in total. The molecule has 0 saturated heterocycles. The van der Waals surface area contributed by atoms with Crippen molar-refractivity contribution in [3.8, 4) is 17.0 Å². The fourth-order valence-electron chi connectivity index (χ4n) is 2.40. The molecule has 10 heteroatoms. The van der Waals surface area contributed by atoms with E-state index in [4.69, 9.17) is 16.3 Å². The van der Waals surface area contributed by atoms with Crippen molar-refractivity contribution >= 4 is 35.0 Å². The van der Waals surface area contributed by atoms with Crippen LogP contribution in [0.15, 0.2) is 59.8 Å². The second-order valence-corrected chi connectivity index (χ2v) is 7.37. The van der Waals surface area contributed by atoms with Crippen molar-refractivity contribution in [3.63, 3.8) is 0 Å². The lowest BCUT2D eigenvalue weighted by atomic mass is 10.1. The Morgan fingerprint density at radius 3 is 2.37 bits per heavy atom. The number of alkyl halides is 3. The van der Waals surface area contributed by atoms with Crippen LogP contribution in [0.5, 0.6) is 5.75 Å². The van der Waals surface area contributed by atoms with Crippen LogP contribution < -0.4 is 10.1 Å². The second kappa shape index (κ2) is 9.36. The van der Waals surface area contributed by atoms with E-state index in [9.17, 15) is 18.0 Å². The third-order valence-electron chi connectivity index (χ3n) is 3.84. The highest BCUT2D eigenvalue weighted by molar-refractivity contribution is 7.99. The number of hydrogen-bond donors (Lipinski definition) is 1. The molecule has 3 rings (SSSR count). The van der Waals surface area contributed by atoms with Gasteiger partial charge in [0, 0.05) is 16.3 Å². The number of aromatic nitrogens is 2. The molecular formula is C20H15ClF3N3O2S. The Bertz CT molecular complexity index is 1030. The summed E-state index contributed by atoms with van der Waals surface area (Å²) in [5.41, 5.74) is -0.00221. The number of carbonyl (C=O) groups excluding carboxylic acids is 1. The highest BCUT2D eigenvalue weighted by Gasteiger charge is 2.34. The monoisotopic (exact) mass is 453 g/mol. The number of benzene rings is 2. The summed E-state index contributed by atoms with van der Waals surface area (Å²) < 4.78 is 44.8. The number of carbonyl (C=O) groups is 1. The van der Waals surface area contributed by atoms with Gasteiger partial charge in [0.1, 0.15) is 11.4 Å². The van der Waals surface area contributed by atoms with Gasteiger partial charge in [-0.3, -0.25) is 4.79 Å². The third-order valence-corrected chi connectivity index (χ3v) is 4.94. The van der Waals surface area contributed by atoms with Gasteiger partial charge in [-0.2, -0.15) is 13.2 Å².